The van der Waals surface area contributed by atoms with E-state index in [4.69, 9.17) is 38.6 Å². The number of ether oxygens (including phenoxy) is 6. The van der Waals surface area contributed by atoms with Gasteiger partial charge in [-0.05, 0) is 19.3 Å². The van der Waals surface area contributed by atoms with Crippen LogP contribution in [0.5, 0.6) is 0 Å². The first-order chi connectivity index (χ1) is 17.9. The summed E-state index contributed by atoms with van der Waals surface area (Å²) in [6, 6.07) is 0. The smallest absolute Gasteiger partial charge is 0.188 e. The summed E-state index contributed by atoms with van der Waals surface area (Å²) in [5, 5.41) is 49.9. The Morgan fingerprint density at radius 3 is 1.78 bits per heavy atom. The minimum Gasteiger partial charge on any atom is -0.476 e. The van der Waals surface area contributed by atoms with E-state index in [-0.39, 0.29) is 66.4 Å². The summed E-state index contributed by atoms with van der Waals surface area (Å²) in [5.74, 6) is 0. The van der Waals surface area contributed by atoms with Gasteiger partial charge in [0.2, 0.25) is 0 Å². The van der Waals surface area contributed by atoms with Gasteiger partial charge in [-0.25, -0.2) is 0 Å². The van der Waals surface area contributed by atoms with Crippen molar-refractivity contribution in [1.82, 2.24) is 0 Å². The average Bonchev–Trinajstić information content (AvgIpc) is 2.87. The van der Waals surface area contributed by atoms with Crippen LogP contribution in [0, 0.1) is 5.41 Å². The lowest BCUT2D eigenvalue weighted by molar-refractivity contribution is -0.904. The van der Waals surface area contributed by atoms with E-state index in [9.17, 15) is 15.3 Å². The highest BCUT2D eigenvalue weighted by molar-refractivity contribution is 4.86. The fourth-order valence-electron chi connectivity index (χ4n) is 3.62. The topological polar surface area (TPSA) is 161 Å². The van der Waals surface area contributed by atoms with Crippen molar-refractivity contribution < 1.29 is 58.9 Å². The zero-order chi connectivity index (χ0) is 27.8. The van der Waals surface area contributed by atoms with Crippen LogP contribution in [0.25, 0.3) is 0 Å². The molecule has 0 saturated heterocycles. The summed E-state index contributed by atoms with van der Waals surface area (Å²) in [6.45, 7) is 10.7. The second kappa shape index (κ2) is 23.8. The van der Waals surface area contributed by atoms with Crippen LogP contribution in [0.3, 0.4) is 0 Å². The number of hydrogen-bond donors (Lipinski definition) is 6. The molecule has 0 aromatic heterocycles. The van der Waals surface area contributed by atoms with Crippen LogP contribution in [0.2, 0.25) is 0 Å². The molecule has 37 heavy (non-hydrogen) atoms. The van der Waals surface area contributed by atoms with E-state index in [2.05, 4.69) is 13.2 Å². The summed E-state index contributed by atoms with van der Waals surface area (Å²) in [7, 11) is 0. The highest BCUT2D eigenvalue weighted by atomic mass is 16.7. The third-order valence-corrected chi connectivity index (χ3v) is 5.94. The minimum absolute atomic E-state index is 0.0191. The van der Waals surface area contributed by atoms with Crippen LogP contribution in [-0.4, -0.2) is 130 Å². The zero-order valence-electron chi connectivity index (χ0n) is 22.3. The molecular formula is C25H50NO11+. The van der Waals surface area contributed by atoms with Gasteiger partial charge in [0.15, 0.2) is 13.6 Å². The first-order valence-electron chi connectivity index (χ1n) is 12.7. The van der Waals surface area contributed by atoms with Gasteiger partial charge in [0, 0.05) is 5.41 Å². The van der Waals surface area contributed by atoms with E-state index in [0.29, 0.717) is 38.9 Å². The molecule has 0 aromatic rings. The highest BCUT2D eigenvalue weighted by Crippen LogP contribution is 2.30. The highest BCUT2D eigenvalue weighted by Gasteiger charge is 2.37. The molecular weight excluding hydrogens is 490 g/mol. The van der Waals surface area contributed by atoms with E-state index in [1.165, 1.54) is 12.5 Å². The summed E-state index contributed by atoms with van der Waals surface area (Å²) in [6.07, 6.45) is 1.29. The van der Waals surface area contributed by atoms with Crippen LogP contribution >= 0.6 is 0 Å². The molecule has 4 unspecified atom stereocenters. The molecule has 0 heterocycles. The Morgan fingerprint density at radius 2 is 1.30 bits per heavy atom. The standard InChI is InChI=1S/C25H49NO11/c1-4-25(24(31)8-14-35-21-33-6-3,18-36-16-22(29)7-13-34-20-32-5-2)19-37-17-23(30)15-26(9-11-27)10-12-28/h5-6,22-24,27-31H,2-4,7-21H2,1H3/p+1. The molecule has 0 aliphatic heterocycles. The van der Waals surface area contributed by atoms with Gasteiger partial charge >= 0.3 is 0 Å². The van der Waals surface area contributed by atoms with E-state index in [1.54, 1.807) is 0 Å². The molecule has 0 bridgehead atoms. The summed E-state index contributed by atoms with van der Waals surface area (Å²) in [4.78, 5) is 0.860. The van der Waals surface area contributed by atoms with E-state index < -0.39 is 23.7 Å². The second-order valence-electron chi connectivity index (χ2n) is 8.77. The van der Waals surface area contributed by atoms with Crippen molar-refractivity contribution in [3.8, 4) is 0 Å². The molecule has 0 rings (SSSR count). The van der Waals surface area contributed by atoms with Gasteiger partial charge in [-0.15, -0.1) is 0 Å². The van der Waals surface area contributed by atoms with E-state index >= 15 is 0 Å². The fraction of sp³-hybridized carbons (Fsp3) is 0.840. The molecule has 0 saturated carbocycles. The Balaban J connectivity index is 4.89. The van der Waals surface area contributed by atoms with Crippen molar-refractivity contribution in [3.05, 3.63) is 25.7 Å². The second-order valence-corrected chi connectivity index (χ2v) is 8.77. The van der Waals surface area contributed by atoms with Gasteiger partial charge in [0.05, 0.1) is 77.6 Å². The maximum atomic E-state index is 11.0. The Bertz CT molecular complexity index is 537. The lowest BCUT2D eigenvalue weighted by Gasteiger charge is -2.37. The van der Waals surface area contributed by atoms with Crippen LogP contribution in [0.4, 0.5) is 0 Å². The van der Waals surface area contributed by atoms with Crippen molar-refractivity contribution in [2.24, 2.45) is 5.41 Å². The normalized spacial score (nSPS) is 15.6. The number of aliphatic hydroxyl groups is 5. The number of aliphatic hydroxyl groups excluding tert-OH is 5. The molecule has 0 aromatic carbocycles. The van der Waals surface area contributed by atoms with Crippen LogP contribution in [-0.2, 0) is 28.4 Å². The quantitative estimate of drug-likeness (QED) is 0.0386. The third kappa shape index (κ3) is 17.7. The van der Waals surface area contributed by atoms with E-state index in [1.807, 2.05) is 6.92 Å². The van der Waals surface area contributed by atoms with Crippen molar-refractivity contribution in [2.45, 2.75) is 44.5 Å². The van der Waals surface area contributed by atoms with Crippen LogP contribution in [0.15, 0.2) is 25.7 Å². The Labute approximate surface area is 221 Å². The molecule has 6 N–H and O–H groups in total. The van der Waals surface area contributed by atoms with Crippen molar-refractivity contribution in [2.75, 3.05) is 86.1 Å². The summed E-state index contributed by atoms with van der Waals surface area (Å²) < 4.78 is 31.9. The average molecular weight is 541 g/mol. The largest absolute Gasteiger partial charge is 0.476 e. The Kier molecular flexibility index (Phi) is 22.9. The molecule has 0 fully saturated rings. The third-order valence-electron chi connectivity index (χ3n) is 5.94. The van der Waals surface area contributed by atoms with Gasteiger partial charge in [-0.2, -0.15) is 0 Å². The van der Waals surface area contributed by atoms with Gasteiger partial charge in [-0.3, -0.25) is 0 Å². The summed E-state index contributed by atoms with van der Waals surface area (Å²) >= 11 is 0. The Morgan fingerprint density at radius 1 is 0.784 bits per heavy atom. The SMILES string of the molecule is C=COCOCCC(O)COCC(CC)(COCC(O)C[NH+](CCO)CCO)C(O)CCOCOC=C. The molecule has 220 valence electrons. The number of hydrogen-bond acceptors (Lipinski definition) is 11. The molecule has 0 amide bonds. The van der Waals surface area contributed by atoms with Crippen LogP contribution in [0.1, 0.15) is 26.2 Å². The maximum Gasteiger partial charge on any atom is 0.188 e. The van der Waals surface area contributed by atoms with Crippen molar-refractivity contribution >= 4 is 0 Å². The molecule has 12 heteroatoms. The predicted molar refractivity (Wildman–Crippen MR) is 136 cm³/mol. The number of quaternary nitrogens is 1. The Hall–Kier alpha value is -1.32. The van der Waals surface area contributed by atoms with Crippen LogP contribution < -0.4 is 4.90 Å². The lowest BCUT2D eigenvalue weighted by atomic mass is 9.79. The molecule has 0 aliphatic rings. The van der Waals surface area contributed by atoms with E-state index in [0.717, 1.165) is 4.90 Å². The van der Waals surface area contributed by atoms with Crippen molar-refractivity contribution in [1.29, 1.82) is 0 Å². The van der Waals surface area contributed by atoms with Crippen molar-refractivity contribution in [3.63, 3.8) is 0 Å². The first-order valence-corrected chi connectivity index (χ1v) is 12.7. The molecule has 4 atom stereocenters. The molecule has 0 radical (unpaired) electrons. The van der Waals surface area contributed by atoms with Gasteiger partial charge in [0.25, 0.3) is 0 Å². The predicted octanol–water partition coefficient (Wildman–Crippen LogP) is -1.58. The summed E-state index contributed by atoms with van der Waals surface area (Å²) in [5.41, 5.74) is -0.806. The first kappa shape index (κ1) is 35.7. The molecule has 12 nitrogen and oxygen atoms in total. The number of nitrogens with one attached hydrogen (secondary N) is 1. The van der Waals surface area contributed by atoms with Gasteiger partial charge in [0.1, 0.15) is 25.7 Å². The fourth-order valence-corrected chi connectivity index (χ4v) is 3.62. The molecule has 0 spiro atoms. The number of rotatable bonds is 28. The lowest BCUT2D eigenvalue weighted by Crippen LogP contribution is -3.14. The maximum absolute atomic E-state index is 11.0. The van der Waals surface area contributed by atoms with Gasteiger partial charge in [-0.1, -0.05) is 20.1 Å². The minimum atomic E-state index is -0.846. The molecule has 0 aliphatic carbocycles. The van der Waals surface area contributed by atoms with Gasteiger partial charge < -0.3 is 58.9 Å². The monoisotopic (exact) mass is 540 g/mol. The zero-order valence-corrected chi connectivity index (χ0v) is 22.3.